The predicted octanol–water partition coefficient (Wildman–Crippen LogP) is 4.06. The lowest BCUT2D eigenvalue weighted by Crippen LogP contribution is -2.19. The lowest BCUT2D eigenvalue weighted by molar-refractivity contribution is 0.0954. The second kappa shape index (κ2) is 9.78. The first-order valence-electron chi connectivity index (χ1n) is 9.13. The number of methoxy groups -OCH3 is 3. The molecule has 2 aromatic carbocycles. The van der Waals surface area contributed by atoms with E-state index in [0.717, 1.165) is 17.7 Å². The summed E-state index contributed by atoms with van der Waals surface area (Å²) in [5.74, 6) is 1.50. The van der Waals surface area contributed by atoms with E-state index in [1.807, 2.05) is 19.1 Å². The summed E-state index contributed by atoms with van der Waals surface area (Å²) in [5, 5.41) is 4.22. The number of benzene rings is 2. The van der Waals surface area contributed by atoms with Gasteiger partial charge in [0.15, 0.2) is 11.5 Å². The van der Waals surface area contributed by atoms with Gasteiger partial charge in [0.2, 0.25) is 5.75 Å². The quantitative estimate of drug-likeness (QED) is 0.550. The number of nitrogens with one attached hydrogen (secondary N) is 1. The maximum Gasteiger partial charge on any atom is 0.271 e. The third-order valence-electron chi connectivity index (χ3n) is 4.27. The molecule has 0 aliphatic rings. The SMILES string of the molecule is COc1cc(C(=O)N/N=C(\C)c2ccc(CC(C)C)cc2)cc(OC)c1OC. The molecule has 1 N–H and O–H groups in total. The van der Waals surface area contributed by atoms with Crippen LogP contribution < -0.4 is 19.6 Å². The van der Waals surface area contributed by atoms with Gasteiger partial charge >= 0.3 is 0 Å². The molecule has 2 aromatic rings. The molecule has 1 amide bonds. The summed E-state index contributed by atoms with van der Waals surface area (Å²) in [6.45, 7) is 6.24. The van der Waals surface area contributed by atoms with Crippen LogP contribution >= 0.6 is 0 Å². The highest BCUT2D eigenvalue weighted by atomic mass is 16.5. The molecule has 6 heteroatoms. The van der Waals surface area contributed by atoms with E-state index in [9.17, 15) is 4.79 Å². The van der Waals surface area contributed by atoms with E-state index >= 15 is 0 Å². The molecular weight excluding hydrogens is 356 g/mol. The molecule has 2 rings (SSSR count). The van der Waals surface area contributed by atoms with Crippen LogP contribution in [0.15, 0.2) is 41.5 Å². The van der Waals surface area contributed by atoms with E-state index in [1.54, 1.807) is 12.1 Å². The Morgan fingerprint density at radius 1 is 0.964 bits per heavy atom. The van der Waals surface area contributed by atoms with Crippen molar-refractivity contribution in [3.05, 3.63) is 53.1 Å². The van der Waals surface area contributed by atoms with E-state index in [-0.39, 0.29) is 5.91 Å². The molecule has 150 valence electrons. The Bertz CT molecular complexity index is 817. The van der Waals surface area contributed by atoms with Crippen molar-refractivity contribution in [3.63, 3.8) is 0 Å². The predicted molar refractivity (Wildman–Crippen MR) is 111 cm³/mol. The maximum atomic E-state index is 12.5. The Hall–Kier alpha value is -3.02. The van der Waals surface area contributed by atoms with Crippen molar-refractivity contribution in [1.29, 1.82) is 0 Å². The maximum absolute atomic E-state index is 12.5. The highest BCUT2D eigenvalue weighted by molar-refractivity contribution is 6.01. The van der Waals surface area contributed by atoms with Crippen LogP contribution in [-0.2, 0) is 6.42 Å². The number of amides is 1. The summed E-state index contributed by atoms with van der Waals surface area (Å²) in [5.41, 5.74) is 5.90. The van der Waals surface area contributed by atoms with Crippen LogP contribution in [0.1, 0.15) is 42.3 Å². The normalized spacial score (nSPS) is 11.3. The summed E-state index contributed by atoms with van der Waals surface area (Å²) in [4.78, 5) is 12.5. The average Bonchev–Trinajstić information content (AvgIpc) is 2.70. The van der Waals surface area contributed by atoms with E-state index in [4.69, 9.17) is 14.2 Å². The molecule has 0 aliphatic heterocycles. The molecule has 0 saturated carbocycles. The standard InChI is InChI=1S/C22H28N2O4/c1-14(2)11-16-7-9-17(10-8-16)15(3)23-24-22(25)18-12-19(26-4)21(28-6)20(13-18)27-5/h7-10,12-14H,11H2,1-6H3,(H,24,25)/b23-15+. The van der Waals surface area contributed by atoms with Crippen molar-refractivity contribution in [1.82, 2.24) is 5.43 Å². The first kappa shape index (κ1) is 21.3. The van der Waals surface area contributed by atoms with Crippen molar-refractivity contribution in [2.75, 3.05) is 21.3 Å². The van der Waals surface area contributed by atoms with Gasteiger partial charge in [0.25, 0.3) is 5.91 Å². The molecule has 0 fully saturated rings. The molecule has 0 aliphatic carbocycles. The van der Waals surface area contributed by atoms with E-state index in [0.29, 0.717) is 28.7 Å². The molecule has 0 aromatic heterocycles. The highest BCUT2D eigenvalue weighted by Gasteiger charge is 2.16. The first-order valence-corrected chi connectivity index (χ1v) is 9.13. The van der Waals surface area contributed by atoms with E-state index in [2.05, 4.69) is 36.5 Å². The minimum Gasteiger partial charge on any atom is -0.493 e. The summed E-state index contributed by atoms with van der Waals surface area (Å²) >= 11 is 0. The van der Waals surface area contributed by atoms with Crippen LogP contribution in [0.5, 0.6) is 17.2 Å². The van der Waals surface area contributed by atoms with Crippen molar-refractivity contribution >= 4 is 11.6 Å². The molecular formula is C22H28N2O4. The molecule has 0 bridgehead atoms. The molecule has 0 spiro atoms. The molecule has 6 nitrogen and oxygen atoms in total. The fourth-order valence-electron chi connectivity index (χ4n) is 2.83. The zero-order valence-electron chi connectivity index (χ0n) is 17.3. The number of hydrogen-bond acceptors (Lipinski definition) is 5. The monoisotopic (exact) mass is 384 g/mol. The van der Waals surface area contributed by atoms with E-state index in [1.165, 1.54) is 26.9 Å². The molecule has 0 atom stereocenters. The van der Waals surface area contributed by atoms with Crippen LogP contribution in [0.4, 0.5) is 0 Å². The van der Waals surface area contributed by atoms with Crippen molar-refractivity contribution in [2.24, 2.45) is 11.0 Å². The van der Waals surface area contributed by atoms with Crippen LogP contribution in [0.2, 0.25) is 0 Å². The van der Waals surface area contributed by atoms with Gasteiger partial charge in [0, 0.05) is 5.56 Å². The van der Waals surface area contributed by atoms with Gasteiger partial charge in [0.05, 0.1) is 27.0 Å². The third-order valence-corrected chi connectivity index (χ3v) is 4.27. The number of hydrogen-bond donors (Lipinski definition) is 1. The van der Waals surface area contributed by atoms with Crippen molar-refractivity contribution in [2.45, 2.75) is 27.2 Å². The number of ether oxygens (including phenoxy) is 3. The number of hydrazone groups is 1. The lowest BCUT2D eigenvalue weighted by Gasteiger charge is -2.13. The van der Waals surface area contributed by atoms with Gasteiger partial charge < -0.3 is 14.2 Å². The summed E-state index contributed by atoms with van der Waals surface area (Å²) in [6, 6.07) is 11.4. The van der Waals surface area contributed by atoms with Gasteiger partial charge in [-0.15, -0.1) is 0 Å². The fraction of sp³-hybridized carbons (Fsp3) is 0.364. The largest absolute Gasteiger partial charge is 0.493 e. The van der Waals surface area contributed by atoms with Gasteiger partial charge in [-0.3, -0.25) is 4.79 Å². The number of carbonyl (C=O) groups excluding carboxylic acids is 1. The topological polar surface area (TPSA) is 69.2 Å². The summed E-state index contributed by atoms with van der Waals surface area (Å²) < 4.78 is 15.8. The van der Waals surface area contributed by atoms with Gasteiger partial charge in [-0.1, -0.05) is 38.1 Å². The molecule has 0 saturated heterocycles. The zero-order valence-corrected chi connectivity index (χ0v) is 17.3. The molecule has 0 radical (unpaired) electrons. The second-order valence-corrected chi connectivity index (χ2v) is 6.85. The smallest absolute Gasteiger partial charge is 0.271 e. The van der Waals surface area contributed by atoms with Crippen molar-refractivity contribution < 1.29 is 19.0 Å². The van der Waals surface area contributed by atoms with Gasteiger partial charge in [0.1, 0.15) is 0 Å². The third kappa shape index (κ3) is 5.25. The Labute approximate surface area is 166 Å². The van der Waals surface area contributed by atoms with Crippen LogP contribution in [0, 0.1) is 5.92 Å². The molecule has 0 unspecified atom stereocenters. The number of carbonyl (C=O) groups is 1. The van der Waals surface area contributed by atoms with Crippen LogP contribution in [0.25, 0.3) is 0 Å². The summed E-state index contributed by atoms with van der Waals surface area (Å²) in [7, 11) is 4.52. The second-order valence-electron chi connectivity index (χ2n) is 6.85. The minimum atomic E-state index is -0.366. The Morgan fingerprint density at radius 2 is 1.54 bits per heavy atom. The minimum absolute atomic E-state index is 0.360. The molecule has 28 heavy (non-hydrogen) atoms. The van der Waals surface area contributed by atoms with Gasteiger partial charge in [-0.05, 0) is 42.5 Å². The molecule has 0 heterocycles. The fourth-order valence-corrected chi connectivity index (χ4v) is 2.83. The van der Waals surface area contributed by atoms with Crippen molar-refractivity contribution in [3.8, 4) is 17.2 Å². The Morgan fingerprint density at radius 3 is 2.00 bits per heavy atom. The summed E-state index contributed by atoms with van der Waals surface area (Å²) in [6.07, 6.45) is 1.04. The highest BCUT2D eigenvalue weighted by Crippen LogP contribution is 2.38. The lowest BCUT2D eigenvalue weighted by atomic mass is 10.0. The first-order chi connectivity index (χ1) is 13.4. The van der Waals surface area contributed by atoms with Crippen LogP contribution in [-0.4, -0.2) is 32.9 Å². The van der Waals surface area contributed by atoms with Gasteiger partial charge in [-0.25, -0.2) is 5.43 Å². The Balaban J connectivity index is 2.16. The van der Waals surface area contributed by atoms with Gasteiger partial charge in [-0.2, -0.15) is 5.10 Å². The Kier molecular flexibility index (Phi) is 7.44. The number of rotatable bonds is 8. The zero-order chi connectivity index (χ0) is 20.7. The average molecular weight is 384 g/mol. The van der Waals surface area contributed by atoms with Crippen LogP contribution in [0.3, 0.4) is 0 Å². The number of nitrogens with zero attached hydrogens (tertiary/aromatic N) is 1. The van der Waals surface area contributed by atoms with E-state index < -0.39 is 0 Å².